The van der Waals surface area contributed by atoms with Gasteiger partial charge in [-0.05, 0) is 17.9 Å². The number of benzene rings is 1. The van der Waals surface area contributed by atoms with Gasteiger partial charge in [-0.15, -0.1) is 0 Å². The van der Waals surface area contributed by atoms with E-state index >= 15 is 0 Å². The Morgan fingerprint density at radius 3 is 2.62 bits per heavy atom. The number of hydrogen-bond acceptors (Lipinski definition) is 4. The monoisotopic (exact) mass is 395 g/mol. The number of carboxylic acids is 1. The molecule has 1 aliphatic heterocycles. The van der Waals surface area contributed by atoms with Gasteiger partial charge in [0.05, 0.1) is 30.6 Å². The normalized spacial score (nSPS) is 18.4. The minimum Gasteiger partial charge on any atom is -0.494 e. The quantitative estimate of drug-likeness (QED) is 0.721. The second kappa shape index (κ2) is 6.47. The van der Waals surface area contributed by atoms with Gasteiger partial charge >= 0.3 is 5.97 Å². The van der Waals surface area contributed by atoms with E-state index in [4.69, 9.17) is 9.84 Å². The number of hydrogen-bond donors (Lipinski definition) is 1. The molecule has 0 saturated carbocycles. The predicted octanol–water partition coefficient (Wildman–Crippen LogP) is 4.12. The number of nitrogens with zero attached hydrogens (tertiary/aromatic N) is 3. The van der Waals surface area contributed by atoms with Crippen LogP contribution in [-0.2, 0) is 0 Å². The topological polar surface area (TPSA) is 86.3 Å². The molecular weight excluding hydrogens is 370 g/mol. The highest BCUT2D eigenvalue weighted by atomic mass is 16.5. The second-order valence-electron chi connectivity index (χ2n) is 8.59. The molecule has 4 rings (SSSR count). The summed E-state index contributed by atoms with van der Waals surface area (Å²) in [5, 5.41) is 15.3. The van der Waals surface area contributed by atoms with E-state index in [1.807, 2.05) is 27.4 Å². The van der Waals surface area contributed by atoms with Gasteiger partial charge in [0.25, 0.3) is 0 Å². The molecule has 0 saturated heterocycles. The lowest BCUT2D eigenvalue weighted by Gasteiger charge is -2.43. The third kappa shape index (κ3) is 2.75. The van der Waals surface area contributed by atoms with Gasteiger partial charge in [-0.3, -0.25) is 9.48 Å². The molecule has 0 fully saturated rings. The first kappa shape index (κ1) is 19.2. The summed E-state index contributed by atoms with van der Waals surface area (Å²) in [5.41, 5.74) is 1.32. The maximum absolute atomic E-state index is 12.6. The SMILES string of the molecule is CCC1C(C(C)(C)C)n2cc(C(=O)O)c(=O)cc2-c2c3cccc(OC)c3nn21. The van der Waals surface area contributed by atoms with Crippen LogP contribution in [0.3, 0.4) is 0 Å². The van der Waals surface area contributed by atoms with E-state index in [1.54, 1.807) is 7.11 Å². The van der Waals surface area contributed by atoms with E-state index in [-0.39, 0.29) is 23.1 Å². The van der Waals surface area contributed by atoms with Crippen LogP contribution in [0, 0.1) is 5.41 Å². The van der Waals surface area contributed by atoms with Crippen molar-refractivity contribution in [3.8, 4) is 17.1 Å². The van der Waals surface area contributed by atoms with Gasteiger partial charge in [0, 0.05) is 17.6 Å². The van der Waals surface area contributed by atoms with E-state index < -0.39 is 11.4 Å². The van der Waals surface area contributed by atoms with Crippen molar-refractivity contribution in [1.82, 2.24) is 14.3 Å². The van der Waals surface area contributed by atoms with Crippen LogP contribution in [0.4, 0.5) is 0 Å². The average molecular weight is 395 g/mol. The minimum atomic E-state index is -1.21. The van der Waals surface area contributed by atoms with Crippen LogP contribution >= 0.6 is 0 Å². The molecule has 2 unspecified atom stereocenters. The molecule has 29 heavy (non-hydrogen) atoms. The van der Waals surface area contributed by atoms with Gasteiger partial charge in [0.15, 0.2) is 5.43 Å². The van der Waals surface area contributed by atoms with Crippen LogP contribution in [0.2, 0.25) is 0 Å². The third-order valence-corrected chi connectivity index (χ3v) is 5.75. The molecule has 0 bridgehead atoms. The zero-order valence-corrected chi connectivity index (χ0v) is 17.3. The molecule has 2 atom stereocenters. The summed E-state index contributed by atoms with van der Waals surface area (Å²) in [6.07, 6.45) is 2.31. The molecular formula is C22H25N3O4. The summed E-state index contributed by atoms with van der Waals surface area (Å²) in [6, 6.07) is 7.08. The van der Waals surface area contributed by atoms with Crippen LogP contribution in [0.5, 0.6) is 5.75 Å². The van der Waals surface area contributed by atoms with Crippen LogP contribution in [0.1, 0.15) is 56.6 Å². The van der Waals surface area contributed by atoms with Crippen LogP contribution in [0.25, 0.3) is 22.3 Å². The Kier molecular flexibility index (Phi) is 4.29. The molecule has 1 aliphatic rings. The predicted molar refractivity (Wildman–Crippen MR) is 111 cm³/mol. The van der Waals surface area contributed by atoms with E-state index in [1.165, 1.54) is 12.3 Å². The largest absolute Gasteiger partial charge is 0.494 e. The first-order valence-corrected chi connectivity index (χ1v) is 9.74. The molecule has 0 spiro atoms. The Balaban J connectivity index is 2.16. The van der Waals surface area contributed by atoms with Crippen LogP contribution in [-0.4, -0.2) is 32.5 Å². The number of carboxylic acid groups (broad SMARTS) is 1. The molecule has 1 N–H and O–H groups in total. The Bertz CT molecular complexity index is 1180. The van der Waals surface area contributed by atoms with Crippen molar-refractivity contribution in [2.45, 2.75) is 46.2 Å². The van der Waals surface area contributed by atoms with Gasteiger partial charge in [0.1, 0.15) is 16.8 Å². The fourth-order valence-electron chi connectivity index (χ4n) is 4.60. The van der Waals surface area contributed by atoms with Crippen LogP contribution in [0.15, 0.2) is 35.3 Å². The number of fused-ring (bicyclic) bond motifs is 5. The molecule has 1 aromatic carbocycles. The van der Waals surface area contributed by atoms with Gasteiger partial charge in [-0.2, -0.15) is 5.10 Å². The zero-order valence-electron chi connectivity index (χ0n) is 17.3. The molecule has 2 aromatic heterocycles. The van der Waals surface area contributed by atoms with E-state index in [0.29, 0.717) is 11.4 Å². The number of ether oxygens (including phenoxy) is 1. The lowest BCUT2D eigenvalue weighted by Crippen LogP contribution is -2.38. The Morgan fingerprint density at radius 2 is 2.03 bits per heavy atom. The lowest BCUT2D eigenvalue weighted by atomic mass is 9.79. The first-order valence-electron chi connectivity index (χ1n) is 9.74. The molecule has 7 heteroatoms. The number of pyridine rings is 1. The highest BCUT2D eigenvalue weighted by molar-refractivity contribution is 5.97. The summed E-state index contributed by atoms with van der Waals surface area (Å²) < 4.78 is 9.47. The molecule has 3 aromatic rings. The summed E-state index contributed by atoms with van der Waals surface area (Å²) in [5.74, 6) is -0.542. The van der Waals surface area contributed by atoms with Crippen LogP contribution < -0.4 is 10.2 Å². The molecule has 0 radical (unpaired) electrons. The second-order valence-corrected chi connectivity index (χ2v) is 8.59. The summed E-state index contributed by atoms with van der Waals surface area (Å²) in [7, 11) is 1.61. The fraction of sp³-hybridized carbons (Fsp3) is 0.409. The molecule has 0 amide bonds. The first-order chi connectivity index (χ1) is 13.7. The number of aromatic carboxylic acids is 1. The number of methoxy groups -OCH3 is 1. The fourth-order valence-corrected chi connectivity index (χ4v) is 4.60. The van der Waals surface area contributed by atoms with Crippen molar-refractivity contribution < 1.29 is 14.6 Å². The van der Waals surface area contributed by atoms with E-state index in [9.17, 15) is 14.7 Å². The van der Waals surface area contributed by atoms with Crippen molar-refractivity contribution in [2.24, 2.45) is 5.41 Å². The number of rotatable bonds is 3. The molecule has 3 heterocycles. The number of carbonyl (C=O) groups is 1. The highest BCUT2D eigenvalue weighted by Gasteiger charge is 2.41. The lowest BCUT2D eigenvalue weighted by molar-refractivity contribution is 0.0692. The summed E-state index contributed by atoms with van der Waals surface area (Å²) in [4.78, 5) is 24.2. The Hall–Kier alpha value is -3.09. The van der Waals surface area contributed by atoms with Gasteiger partial charge in [0.2, 0.25) is 0 Å². The van der Waals surface area contributed by atoms with Crippen molar-refractivity contribution in [3.05, 3.63) is 46.2 Å². The highest BCUT2D eigenvalue weighted by Crippen LogP contribution is 2.49. The molecule has 152 valence electrons. The van der Waals surface area contributed by atoms with E-state index in [0.717, 1.165) is 23.0 Å². The maximum Gasteiger partial charge on any atom is 0.341 e. The summed E-state index contributed by atoms with van der Waals surface area (Å²) in [6.45, 7) is 8.47. The smallest absolute Gasteiger partial charge is 0.341 e. The van der Waals surface area contributed by atoms with Gasteiger partial charge in [-0.25, -0.2) is 4.79 Å². The summed E-state index contributed by atoms with van der Waals surface area (Å²) >= 11 is 0. The van der Waals surface area contributed by atoms with Gasteiger partial charge in [-0.1, -0.05) is 39.8 Å². The van der Waals surface area contributed by atoms with Crippen molar-refractivity contribution in [1.29, 1.82) is 0 Å². The Morgan fingerprint density at radius 1 is 1.31 bits per heavy atom. The van der Waals surface area contributed by atoms with E-state index in [2.05, 4.69) is 27.7 Å². The standard InChI is InChI=1S/C22H25N3O4/c1-6-14-20(22(2,3)4)24-11-13(21(27)28)16(26)10-15(24)19-12-8-7-9-17(29-5)18(12)23-25(14)19/h7-11,14,20H,6H2,1-5H3,(H,27,28). The zero-order chi connectivity index (χ0) is 21.1. The van der Waals surface area contributed by atoms with Crippen molar-refractivity contribution in [3.63, 3.8) is 0 Å². The molecule has 0 aliphatic carbocycles. The number of aromatic nitrogens is 3. The third-order valence-electron chi connectivity index (χ3n) is 5.75. The Labute approximate surface area is 168 Å². The van der Waals surface area contributed by atoms with Crippen molar-refractivity contribution in [2.75, 3.05) is 7.11 Å². The van der Waals surface area contributed by atoms with Crippen molar-refractivity contribution >= 4 is 16.9 Å². The maximum atomic E-state index is 12.6. The minimum absolute atomic E-state index is 0.00115. The van der Waals surface area contributed by atoms with Gasteiger partial charge < -0.3 is 14.4 Å². The average Bonchev–Trinajstić information content (AvgIpc) is 3.05. The molecule has 7 nitrogen and oxygen atoms in total.